The first-order valence-corrected chi connectivity index (χ1v) is 6.26. The van der Waals surface area contributed by atoms with Crippen molar-refractivity contribution < 1.29 is 20.1 Å². The quantitative estimate of drug-likeness (QED) is 0.663. The SMILES string of the molecule is O=C(c1cc(O)ccc1O)N1CCN(CCO)CC1. The molecule has 1 saturated heterocycles. The van der Waals surface area contributed by atoms with Crippen LogP contribution in [0.15, 0.2) is 18.2 Å². The molecule has 0 atom stereocenters. The number of amides is 1. The minimum atomic E-state index is -0.281. The predicted molar refractivity (Wildman–Crippen MR) is 69.2 cm³/mol. The van der Waals surface area contributed by atoms with E-state index in [0.717, 1.165) is 0 Å². The van der Waals surface area contributed by atoms with Crippen molar-refractivity contribution in [3.63, 3.8) is 0 Å². The third-order valence-electron chi connectivity index (χ3n) is 3.29. The van der Waals surface area contributed by atoms with Crippen molar-refractivity contribution in [3.8, 4) is 11.5 Å². The van der Waals surface area contributed by atoms with Gasteiger partial charge in [-0.2, -0.15) is 0 Å². The normalized spacial score (nSPS) is 16.6. The summed E-state index contributed by atoms with van der Waals surface area (Å²) in [7, 11) is 0. The molecule has 19 heavy (non-hydrogen) atoms. The molecule has 1 aliphatic rings. The Morgan fingerprint density at radius 1 is 1.16 bits per heavy atom. The lowest BCUT2D eigenvalue weighted by atomic mass is 10.1. The third kappa shape index (κ3) is 3.15. The lowest BCUT2D eigenvalue weighted by Crippen LogP contribution is -2.49. The first kappa shape index (κ1) is 13.6. The molecule has 6 nitrogen and oxygen atoms in total. The van der Waals surface area contributed by atoms with Gasteiger partial charge in [-0.05, 0) is 18.2 Å². The molecule has 1 aromatic rings. The maximum Gasteiger partial charge on any atom is 0.257 e. The van der Waals surface area contributed by atoms with E-state index in [1.54, 1.807) is 4.90 Å². The predicted octanol–water partition coefficient (Wildman–Crippen LogP) is -0.152. The van der Waals surface area contributed by atoms with Gasteiger partial charge in [-0.15, -0.1) is 0 Å². The van der Waals surface area contributed by atoms with Crippen molar-refractivity contribution in [1.82, 2.24) is 9.80 Å². The highest BCUT2D eigenvalue weighted by atomic mass is 16.3. The Balaban J connectivity index is 2.03. The van der Waals surface area contributed by atoms with E-state index in [-0.39, 0.29) is 29.6 Å². The van der Waals surface area contributed by atoms with Gasteiger partial charge in [0.05, 0.1) is 12.2 Å². The van der Waals surface area contributed by atoms with E-state index in [9.17, 15) is 15.0 Å². The van der Waals surface area contributed by atoms with Crippen LogP contribution in [0, 0.1) is 0 Å². The fourth-order valence-electron chi connectivity index (χ4n) is 2.18. The van der Waals surface area contributed by atoms with E-state index < -0.39 is 0 Å². The second-order valence-electron chi connectivity index (χ2n) is 4.56. The van der Waals surface area contributed by atoms with Gasteiger partial charge in [-0.25, -0.2) is 0 Å². The number of aliphatic hydroxyl groups is 1. The number of nitrogens with zero attached hydrogens (tertiary/aromatic N) is 2. The van der Waals surface area contributed by atoms with Gasteiger partial charge in [0.1, 0.15) is 11.5 Å². The van der Waals surface area contributed by atoms with Crippen LogP contribution in [0.3, 0.4) is 0 Å². The molecule has 0 aliphatic carbocycles. The number of benzene rings is 1. The molecule has 0 spiro atoms. The number of rotatable bonds is 3. The summed E-state index contributed by atoms with van der Waals surface area (Å²) in [6, 6.07) is 3.92. The minimum Gasteiger partial charge on any atom is -0.508 e. The van der Waals surface area contributed by atoms with Gasteiger partial charge in [-0.3, -0.25) is 9.69 Å². The van der Waals surface area contributed by atoms with Gasteiger partial charge in [0.15, 0.2) is 0 Å². The summed E-state index contributed by atoms with van der Waals surface area (Å²) in [5, 5.41) is 27.9. The zero-order valence-electron chi connectivity index (χ0n) is 10.6. The zero-order valence-corrected chi connectivity index (χ0v) is 10.6. The fourth-order valence-corrected chi connectivity index (χ4v) is 2.18. The molecule has 1 aromatic carbocycles. The number of hydrogen-bond acceptors (Lipinski definition) is 5. The molecule has 0 saturated carbocycles. The van der Waals surface area contributed by atoms with Crippen LogP contribution in [0.2, 0.25) is 0 Å². The highest BCUT2D eigenvalue weighted by Gasteiger charge is 2.23. The van der Waals surface area contributed by atoms with E-state index in [1.165, 1.54) is 18.2 Å². The maximum absolute atomic E-state index is 12.2. The number of phenolic OH excluding ortho intramolecular Hbond substituents is 2. The second-order valence-corrected chi connectivity index (χ2v) is 4.56. The first-order valence-electron chi connectivity index (χ1n) is 6.26. The number of aliphatic hydroxyl groups excluding tert-OH is 1. The van der Waals surface area contributed by atoms with Crippen molar-refractivity contribution in [1.29, 1.82) is 0 Å². The number of piperazine rings is 1. The summed E-state index contributed by atoms with van der Waals surface area (Å²) in [4.78, 5) is 15.9. The Labute approximate surface area is 111 Å². The Morgan fingerprint density at radius 2 is 1.84 bits per heavy atom. The fraction of sp³-hybridized carbons (Fsp3) is 0.462. The molecular weight excluding hydrogens is 248 g/mol. The Kier molecular flexibility index (Phi) is 4.24. The molecule has 0 unspecified atom stereocenters. The van der Waals surface area contributed by atoms with Crippen molar-refractivity contribution in [3.05, 3.63) is 23.8 Å². The lowest BCUT2D eigenvalue weighted by Gasteiger charge is -2.34. The van der Waals surface area contributed by atoms with Gasteiger partial charge < -0.3 is 20.2 Å². The van der Waals surface area contributed by atoms with E-state index >= 15 is 0 Å². The minimum absolute atomic E-state index is 0.0416. The van der Waals surface area contributed by atoms with Crippen LogP contribution in [-0.4, -0.2) is 70.4 Å². The number of aromatic hydroxyl groups is 2. The van der Waals surface area contributed by atoms with Crippen LogP contribution in [0.5, 0.6) is 11.5 Å². The standard InChI is InChI=1S/C13H18N2O4/c16-8-7-14-3-5-15(6-4-14)13(19)11-9-10(17)1-2-12(11)18/h1-2,9,16-18H,3-8H2. The molecule has 6 heteroatoms. The summed E-state index contributed by atoms with van der Waals surface area (Å²) in [5.74, 6) is -0.447. The van der Waals surface area contributed by atoms with Gasteiger partial charge in [0.2, 0.25) is 0 Å². The molecule has 1 fully saturated rings. The highest BCUT2D eigenvalue weighted by molar-refractivity contribution is 5.97. The van der Waals surface area contributed by atoms with E-state index in [4.69, 9.17) is 5.11 Å². The molecule has 0 radical (unpaired) electrons. The molecule has 3 N–H and O–H groups in total. The van der Waals surface area contributed by atoms with Crippen LogP contribution in [-0.2, 0) is 0 Å². The number of carbonyl (C=O) groups excluding carboxylic acids is 1. The molecule has 1 amide bonds. The zero-order chi connectivity index (χ0) is 13.8. The van der Waals surface area contributed by atoms with Crippen molar-refractivity contribution in [2.24, 2.45) is 0 Å². The third-order valence-corrected chi connectivity index (χ3v) is 3.29. The number of β-amino-alcohol motifs (C(OH)–C–C–N with tert-alkyl or cyclic N) is 1. The summed E-state index contributed by atoms with van der Waals surface area (Å²) in [6.07, 6.45) is 0. The number of phenols is 2. The molecule has 2 rings (SSSR count). The number of carbonyl (C=O) groups is 1. The van der Waals surface area contributed by atoms with E-state index in [0.29, 0.717) is 32.7 Å². The molecule has 0 aromatic heterocycles. The highest BCUT2D eigenvalue weighted by Crippen LogP contribution is 2.23. The van der Waals surface area contributed by atoms with Crippen LogP contribution in [0.4, 0.5) is 0 Å². The summed E-state index contributed by atoms with van der Waals surface area (Å²) >= 11 is 0. The van der Waals surface area contributed by atoms with Gasteiger partial charge >= 0.3 is 0 Å². The Bertz CT molecular complexity index is 456. The molecule has 1 aliphatic heterocycles. The average Bonchev–Trinajstić information content (AvgIpc) is 2.42. The molecular formula is C13H18N2O4. The van der Waals surface area contributed by atoms with Crippen molar-refractivity contribution in [2.45, 2.75) is 0 Å². The van der Waals surface area contributed by atoms with Crippen LogP contribution < -0.4 is 0 Å². The largest absolute Gasteiger partial charge is 0.508 e. The average molecular weight is 266 g/mol. The smallest absolute Gasteiger partial charge is 0.257 e. The van der Waals surface area contributed by atoms with Gasteiger partial charge in [0.25, 0.3) is 5.91 Å². The lowest BCUT2D eigenvalue weighted by molar-refractivity contribution is 0.0612. The van der Waals surface area contributed by atoms with Crippen LogP contribution in [0.25, 0.3) is 0 Å². The van der Waals surface area contributed by atoms with E-state index in [1.807, 2.05) is 0 Å². The molecule has 0 bridgehead atoms. The van der Waals surface area contributed by atoms with Gasteiger partial charge in [0, 0.05) is 32.7 Å². The Morgan fingerprint density at radius 3 is 2.47 bits per heavy atom. The van der Waals surface area contributed by atoms with E-state index in [2.05, 4.69) is 4.90 Å². The monoisotopic (exact) mass is 266 g/mol. The van der Waals surface area contributed by atoms with Gasteiger partial charge in [-0.1, -0.05) is 0 Å². The van der Waals surface area contributed by atoms with Crippen molar-refractivity contribution >= 4 is 5.91 Å². The molecule has 104 valence electrons. The van der Waals surface area contributed by atoms with Crippen LogP contribution >= 0.6 is 0 Å². The van der Waals surface area contributed by atoms with Crippen molar-refractivity contribution in [2.75, 3.05) is 39.3 Å². The topological polar surface area (TPSA) is 84.2 Å². The summed E-state index contributed by atoms with van der Waals surface area (Å²) in [5.41, 5.74) is 0.121. The number of hydrogen-bond donors (Lipinski definition) is 3. The molecule has 1 heterocycles. The second kappa shape index (κ2) is 5.90. The first-order chi connectivity index (χ1) is 9.11. The van der Waals surface area contributed by atoms with Crippen LogP contribution in [0.1, 0.15) is 10.4 Å². The summed E-state index contributed by atoms with van der Waals surface area (Å²) in [6.45, 7) is 3.22. The summed E-state index contributed by atoms with van der Waals surface area (Å²) < 4.78 is 0. The Hall–Kier alpha value is -1.79. The maximum atomic E-state index is 12.2.